The van der Waals surface area contributed by atoms with Crippen molar-refractivity contribution in [3.8, 4) is 0 Å². The maximum absolute atomic E-state index is 11.6. The molecule has 2 aliphatic carbocycles. The van der Waals surface area contributed by atoms with Crippen LogP contribution in [0.5, 0.6) is 0 Å². The van der Waals surface area contributed by atoms with Gasteiger partial charge in [-0.2, -0.15) is 0 Å². The topological polar surface area (TPSA) is 17.1 Å². The van der Waals surface area contributed by atoms with E-state index in [9.17, 15) is 4.79 Å². The predicted molar refractivity (Wildman–Crippen MR) is 44.2 cm³/mol. The van der Waals surface area contributed by atoms with Crippen molar-refractivity contribution in [2.75, 3.05) is 0 Å². The summed E-state index contributed by atoms with van der Waals surface area (Å²) in [4.78, 5) is 11.6. The van der Waals surface area contributed by atoms with Gasteiger partial charge in [-0.15, -0.1) is 0 Å². The van der Waals surface area contributed by atoms with Gasteiger partial charge in [-0.05, 0) is 24.7 Å². The third kappa shape index (κ3) is 0.743. The third-order valence-electron chi connectivity index (χ3n) is 4.03. The molecular weight excluding hydrogens is 136 g/mol. The fourth-order valence-electron chi connectivity index (χ4n) is 2.90. The van der Waals surface area contributed by atoms with Crippen LogP contribution in [0, 0.1) is 17.3 Å². The number of rotatable bonds is 0. The van der Waals surface area contributed by atoms with Crippen molar-refractivity contribution in [3.63, 3.8) is 0 Å². The minimum Gasteiger partial charge on any atom is -0.299 e. The lowest BCUT2D eigenvalue weighted by Crippen LogP contribution is -2.23. The van der Waals surface area contributed by atoms with Gasteiger partial charge in [0.15, 0.2) is 0 Å². The minimum atomic E-state index is 0.165. The highest BCUT2D eigenvalue weighted by Crippen LogP contribution is 2.63. The van der Waals surface area contributed by atoms with E-state index in [2.05, 4.69) is 13.8 Å². The summed E-state index contributed by atoms with van der Waals surface area (Å²) in [6.45, 7) is 4.46. The molecule has 62 valence electrons. The van der Waals surface area contributed by atoms with Crippen molar-refractivity contribution in [2.45, 2.75) is 39.5 Å². The van der Waals surface area contributed by atoms with E-state index >= 15 is 0 Å². The first-order chi connectivity index (χ1) is 5.19. The van der Waals surface area contributed by atoms with Crippen LogP contribution in [0.25, 0.3) is 0 Å². The molecule has 11 heavy (non-hydrogen) atoms. The first-order valence-electron chi connectivity index (χ1n) is 4.73. The van der Waals surface area contributed by atoms with Gasteiger partial charge >= 0.3 is 0 Å². The first-order valence-corrected chi connectivity index (χ1v) is 4.73. The highest BCUT2D eigenvalue weighted by molar-refractivity contribution is 5.89. The highest BCUT2D eigenvalue weighted by atomic mass is 16.1. The lowest BCUT2D eigenvalue weighted by atomic mass is 9.82. The van der Waals surface area contributed by atoms with Crippen molar-refractivity contribution in [1.29, 1.82) is 0 Å². The summed E-state index contributed by atoms with van der Waals surface area (Å²) in [5.74, 6) is 1.91. The molecule has 0 aromatic rings. The highest BCUT2D eigenvalue weighted by Gasteiger charge is 2.63. The Bertz CT molecular complexity index is 187. The van der Waals surface area contributed by atoms with Gasteiger partial charge in [0.05, 0.1) is 0 Å². The Morgan fingerprint density at radius 2 is 1.91 bits per heavy atom. The molecule has 0 aromatic carbocycles. The van der Waals surface area contributed by atoms with Gasteiger partial charge < -0.3 is 0 Å². The van der Waals surface area contributed by atoms with E-state index in [0.29, 0.717) is 17.6 Å². The molecule has 0 heterocycles. The van der Waals surface area contributed by atoms with Crippen LogP contribution in [0.15, 0.2) is 0 Å². The maximum Gasteiger partial charge on any atom is 0.139 e. The molecule has 2 aliphatic rings. The van der Waals surface area contributed by atoms with Crippen LogP contribution in [0.4, 0.5) is 0 Å². The molecule has 2 saturated carbocycles. The summed E-state index contributed by atoms with van der Waals surface area (Å²) < 4.78 is 0. The molecule has 1 spiro atoms. The number of hydrogen-bond donors (Lipinski definition) is 0. The molecule has 1 heteroatoms. The predicted octanol–water partition coefficient (Wildman–Crippen LogP) is 2.40. The van der Waals surface area contributed by atoms with Crippen molar-refractivity contribution in [1.82, 2.24) is 0 Å². The Hall–Kier alpha value is -0.330. The van der Waals surface area contributed by atoms with Crippen LogP contribution in [0.1, 0.15) is 39.5 Å². The molecule has 0 N–H and O–H groups in total. The summed E-state index contributed by atoms with van der Waals surface area (Å²) in [6.07, 6.45) is 4.45. The quantitative estimate of drug-likeness (QED) is 0.521. The van der Waals surface area contributed by atoms with Gasteiger partial charge in [-0.25, -0.2) is 0 Å². The smallest absolute Gasteiger partial charge is 0.139 e. The molecule has 1 nitrogen and oxygen atoms in total. The molecule has 0 radical (unpaired) electrons. The van der Waals surface area contributed by atoms with E-state index in [-0.39, 0.29) is 5.41 Å². The summed E-state index contributed by atoms with van der Waals surface area (Å²) in [7, 11) is 0. The molecule has 0 bridgehead atoms. The van der Waals surface area contributed by atoms with Crippen LogP contribution >= 0.6 is 0 Å². The van der Waals surface area contributed by atoms with Crippen LogP contribution in [0.3, 0.4) is 0 Å². The zero-order valence-corrected chi connectivity index (χ0v) is 7.39. The van der Waals surface area contributed by atoms with E-state index in [1.54, 1.807) is 0 Å². The zero-order chi connectivity index (χ0) is 8.06. The summed E-state index contributed by atoms with van der Waals surface area (Å²) in [5, 5.41) is 0. The van der Waals surface area contributed by atoms with Crippen LogP contribution in [0.2, 0.25) is 0 Å². The van der Waals surface area contributed by atoms with Crippen molar-refractivity contribution in [2.24, 2.45) is 17.3 Å². The number of carbonyl (C=O) groups excluding carboxylic acids is 1. The Labute approximate surface area is 68.2 Å². The molecule has 0 unspecified atom stereocenters. The summed E-state index contributed by atoms with van der Waals surface area (Å²) in [6, 6.07) is 0. The van der Waals surface area contributed by atoms with E-state index in [1.807, 2.05) is 0 Å². The van der Waals surface area contributed by atoms with E-state index in [0.717, 1.165) is 12.8 Å². The molecule has 2 rings (SSSR count). The van der Waals surface area contributed by atoms with Crippen LogP contribution in [-0.2, 0) is 4.79 Å². The average molecular weight is 152 g/mol. The maximum atomic E-state index is 11.6. The Balaban J connectivity index is 2.19. The lowest BCUT2D eigenvalue weighted by Gasteiger charge is -2.21. The van der Waals surface area contributed by atoms with Crippen molar-refractivity contribution < 1.29 is 4.79 Å². The van der Waals surface area contributed by atoms with E-state index < -0.39 is 0 Å². The van der Waals surface area contributed by atoms with Crippen molar-refractivity contribution in [3.05, 3.63) is 0 Å². The first kappa shape index (κ1) is 7.33. The Morgan fingerprint density at radius 3 is 2.27 bits per heavy atom. The van der Waals surface area contributed by atoms with Crippen LogP contribution < -0.4 is 0 Å². The second-order valence-electron chi connectivity index (χ2n) is 4.25. The second-order valence-corrected chi connectivity index (χ2v) is 4.25. The Kier molecular flexibility index (Phi) is 1.39. The largest absolute Gasteiger partial charge is 0.299 e. The van der Waals surface area contributed by atoms with Crippen molar-refractivity contribution >= 4 is 5.78 Å². The van der Waals surface area contributed by atoms with Gasteiger partial charge in [0, 0.05) is 11.8 Å². The monoisotopic (exact) mass is 152 g/mol. The third-order valence-corrected chi connectivity index (χ3v) is 4.03. The van der Waals surface area contributed by atoms with E-state index in [1.165, 1.54) is 12.8 Å². The molecule has 2 fully saturated rings. The van der Waals surface area contributed by atoms with Gasteiger partial charge in [0.1, 0.15) is 5.78 Å². The van der Waals surface area contributed by atoms with Gasteiger partial charge in [0.25, 0.3) is 0 Å². The van der Waals surface area contributed by atoms with Gasteiger partial charge in [-0.1, -0.05) is 20.3 Å². The number of carbonyl (C=O) groups is 1. The second kappa shape index (κ2) is 2.09. The standard InChI is InChI=1S/C10H16O/c1-7-8(2)10(7)6-4-3-5-9(10)11/h7-8H,3-6H2,1-2H3/t7-,8-/m0/s1. The lowest BCUT2D eigenvalue weighted by molar-refractivity contribution is -0.127. The molecule has 0 saturated heterocycles. The molecule has 2 atom stereocenters. The summed E-state index contributed by atoms with van der Waals surface area (Å²) in [5.41, 5.74) is 0.165. The SMILES string of the molecule is C[C@H]1[C@H](C)C12CCCCC2=O. The summed E-state index contributed by atoms with van der Waals surface area (Å²) >= 11 is 0. The fourth-order valence-corrected chi connectivity index (χ4v) is 2.90. The number of hydrogen-bond acceptors (Lipinski definition) is 1. The molecule has 0 aromatic heterocycles. The zero-order valence-electron chi connectivity index (χ0n) is 7.39. The molecule has 0 aliphatic heterocycles. The number of Topliss-reactive ketones (excluding diaryl/α,β-unsaturated/α-hetero) is 1. The van der Waals surface area contributed by atoms with E-state index in [4.69, 9.17) is 0 Å². The Morgan fingerprint density at radius 1 is 1.27 bits per heavy atom. The van der Waals surface area contributed by atoms with Crippen LogP contribution in [-0.4, -0.2) is 5.78 Å². The number of ketones is 1. The van der Waals surface area contributed by atoms with Gasteiger partial charge in [0.2, 0.25) is 0 Å². The molecule has 0 amide bonds. The van der Waals surface area contributed by atoms with Gasteiger partial charge in [-0.3, -0.25) is 4.79 Å². The minimum absolute atomic E-state index is 0.165. The average Bonchev–Trinajstić information content (AvgIpc) is 2.50. The fraction of sp³-hybridized carbons (Fsp3) is 0.900. The normalized spacial score (nSPS) is 49.8. The molecular formula is C10H16O.